The number of amidine groups is 1. The van der Waals surface area contributed by atoms with E-state index in [1.54, 1.807) is 51.7 Å². The zero-order valence-electron chi connectivity index (χ0n) is 22.5. The topological polar surface area (TPSA) is 64.7 Å². The number of pyridine rings is 1. The monoisotopic (exact) mass is 525 g/mol. The minimum Gasteiger partial charge on any atom is -0.479 e. The van der Waals surface area contributed by atoms with Gasteiger partial charge in [-0.25, -0.2) is 15.0 Å². The van der Waals surface area contributed by atoms with E-state index in [9.17, 15) is 13.2 Å². The van der Waals surface area contributed by atoms with Crippen LogP contribution in [0.25, 0.3) is 11.8 Å². The highest BCUT2D eigenvalue weighted by Crippen LogP contribution is 2.37. The van der Waals surface area contributed by atoms with E-state index in [1.807, 2.05) is 29.8 Å². The quantitative estimate of drug-likeness (QED) is 0.157. The van der Waals surface area contributed by atoms with Crippen molar-refractivity contribution in [3.05, 3.63) is 77.5 Å². The summed E-state index contributed by atoms with van der Waals surface area (Å²) in [5, 5.41) is 0. The Bertz CT molecular complexity index is 1310. The number of hydrogen-bond donors (Lipinski definition) is 0. The highest BCUT2D eigenvalue weighted by molar-refractivity contribution is 6.06. The van der Waals surface area contributed by atoms with Gasteiger partial charge in [0.15, 0.2) is 0 Å². The van der Waals surface area contributed by atoms with Crippen LogP contribution in [-0.2, 0) is 6.18 Å². The number of aryl methyl sites for hydroxylation is 1. The van der Waals surface area contributed by atoms with E-state index in [-0.39, 0.29) is 5.56 Å². The number of nitrogens with zero attached hydrogens (tertiary/aromatic N) is 5. The molecule has 6 nitrogen and oxygen atoms in total. The van der Waals surface area contributed by atoms with Gasteiger partial charge in [-0.3, -0.25) is 4.99 Å². The number of rotatable bonds is 10. The number of aliphatic imine (C=N–C) groups is 2. The maximum absolute atomic E-state index is 13.8. The molecule has 0 N–H and O–H groups in total. The van der Waals surface area contributed by atoms with Crippen molar-refractivity contribution in [1.82, 2.24) is 14.5 Å². The van der Waals surface area contributed by atoms with E-state index in [4.69, 9.17) is 4.74 Å². The number of halogens is 3. The number of methoxy groups -OCH3 is 1. The van der Waals surface area contributed by atoms with Gasteiger partial charge in [0.1, 0.15) is 11.5 Å². The van der Waals surface area contributed by atoms with Crippen LogP contribution in [0, 0.1) is 6.92 Å². The van der Waals surface area contributed by atoms with Gasteiger partial charge >= 0.3 is 6.18 Å². The van der Waals surface area contributed by atoms with E-state index < -0.39 is 17.7 Å². The van der Waals surface area contributed by atoms with Crippen LogP contribution < -0.4 is 4.74 Å². The first-order valence-electron chi connectivity index (χ1n) is 12.6. The third-order valence-corrected chi connectivity index (χ3v) is 6.21. The van der Waals surface area contributed by atoms with Gasteiger partial charge in [-0.05, 0) is 56.2 Å². The Balaban J connectivity index is 1.90. The highest BCUT2D eigenvalue weighted by atomic mass is 19.4. The fourth-order valence-corrected chi connectivity index (χ4v) is 4.27. The lowest BCUT2D eigenvalue weighted by molar-refractivity contribution is -0.138. The zero-order chi connectivity index (χ0) is 27.7. The Kier molecular flexibility index (Phi) is 9.98. The Hall–Kier alpha value is -3.75. The van der Waals surface area contributed by atoms with Crippen molar-refractivity contribution in [3.8, 4) is 11.6 Å². The van der Waals surface area contributed by atoms with E-state index in [2.05, 4.69) is 26.9 Å². The number of alkyl halides is 3. The van der Waals surface area contributed by atoms with Crippen LogP contribution in [0.15, 0.2) is 65.0 Å². The molecule has 0 bridgehead atoms. The molecule has 0 amide bonds. The number of imidazole rings is 1. The van der Waals surface area contributed by atoms with Crippen molar-refractivity contribution >= 4 is 17.6 Å². The molecule has 2 heterocycles. The Morgan fingerprint density at radius 2 is 1.92 bits per heavy atom. The molecule has 3 rings (SSSR count). The number of benzene rings is 1. The lowest BCUT2D eigenvalue weighted by Crippen LogP contribution is -2.17. The van der Waals surface area contributed by atoms with Crippen LogP contribution in [0.4, 0.5) is 13.2 Å². The Morgan fingerprint density at radius 1 is 1.16 bits per heavy atom. The van der Waals surface area contributed by atoms with Crippen molar-refractivity contribution in [2.75, 3.05) is 14.2 Å². The van der Waals surface area contributed by atoms with Crippen molar-refractivity contribution in [3.63, 3.8) is 0 Å². The molecular formula is C29H34F3N5O. The minimum atomic E-state index is -4.44. The molecule has 0 aliphatic rings. The Morgan fingerprint density at radius 3 is 2.55 bits per heavy atom. The summed E-state index contributed by atoms with van der Waals surface area (Å²) < 4.78 is 48.7. The summed E-state index contributed by atoms with van der Waals surface area (Å²) in [7, 11) is 3.15. The second-order valence-electron chi connectivity index (χ2n) is 8.99. The van der Waals surface area contributed by atoms with Gasteiger partial charge in [0.2, 0.25) is 5.88 Å². The molecule has 0 saturated carbocycles. The smallest absolute Gasteiger partial charge is 0.416 e. The molecule has 0 spiro atoms. The number of ether oxygens (including phenoxy) is 1. The van der Waals surface area contributed by atoms with Gasteiger partial charge in [-0.2, -0.15) is 13.2 Å². The molecule has 202 valence electrons. The van der Waals surface area contributed by atoms with E-state index in [1.165, 1.54) is 6.07 Å². The third kappa shape index (κ3) is 7.40. The first-order valence-corrected chi connectivity index (χ1v) is 12.6. The van der Waals surface area contributed by atoms with Gasteiger partial charge in [0.25, 0.3) is 0 Å². The summed E-state index contributed by atoms with van der Waals surface area (Å²) in [6.45, 7) is 5.74. The summed E-state index contributed by atoms with van der Waals surface area (Å²) in [4.78, 5) is 17.7. The van der Waals surface area contributed by atoms with Gasteiger partial charge in [-0.15, -0.1) is 0 Å². The van der Waals surface area contributed by atoms with Crippen LogP contribution in [0.1, 0.15) is 68.0 Å². The van der Waals surface area contributed by atoms with Crippen LogP contribution in [0.3, 0.4) is 0 Å². The fraction of sp³-hybridized carbons (Fsp3) is 0.379. The molecule has 0 aliphatic carbocycles. The minimum absolute atomic E-state index is 0.244. The van der Waals surface area contributed by atoms with Gasteiger partial charge in [-0.1, -0.05) is 44.4 Å². The van der Waals surface area contributed by atoms with Crippen molar-refractivity contribution < 1.29 is 17.9 Å². The number of hydrogen-bond acceptors (Lipinski definition) is 4. The van der Waals surface area contributed by atoms with E-state index in [0.29, 0.717) is 29.5 Å². The SMILES string of the molecule is CCCCCC(C(C)=NC(/C=C/c1ccc(-n2cnc(C)c2)c(OC)n1)=NC)c1ccccc1C(F)(F)F. The molecule has 2 aromatic heterocycles. The Labute approximate surface area is 222 Å². The number of unbranched alkanes of at least 4 members (excludes halogenated alkanes) is 2. The summed E-state index contributed by atoms with van der Waals surface area (Å²) in [6.07, 6.45) is 5.88. The van der Waals surface area contributed by atoms with Crippen LogP contribution in [-0.4, -0.2) is 40.2 Å². The van der Waals surface area contributed by atoms with Crippen molar-refractivity contribution in [2.24, 2.45) is 9.98 Å². The van der Waals surface area contributed by atoms with Crippen molar-refractivity contribution in [1.29, 1.82) is 0 Å². The molecule has 3 aromatic rings. The summed E-state index contributed by atoms with van der Waals surface area (Å²) in [5.41, 5.74) is 2.46. The molecule has 1 aromatic carbocycles. The second-order valence-corrected chi connectivity index (χ2v) is 8.99. The zero-order valence-corrected chi connectivity index (χ0v) is 22.5. The van der Waals surface area contributed by atoms with E-state index in [0.717, 1.165) is 36.7 Å². The maximum Gasteiger partial charge on any atom is 0.416 e. The van der Waals surface area contributed by atoms with Crippen molar-refractivity contribution in [2.45, 2.75) is 58.5 Å². The highest BCUT2D eigenvalue weighted by Gasteiger charge is 2.35. The summed E-state index contributed by atoms with van der Waals surface area (Å²) in [5.74, 6) is 0.349. The molecule has 9 heteroatoms. The lowest BCUT2D eigenvalue weighted by atomic mass is 9.86. The second kappa shape index (κ2) is 13.2. The maximum atomic E-state index is 13.8. The van der Waals surface area contributed by atoms with Crippen LogP contribution >= 0.6 is 0 Å². The molecule has 0 aliphatic heterocycles. The number of aromatic nitrogens is 3. The molecule has 38 heavy (non-hydrogen) atoms. The predicted molar refractivity (Wildman–Crippen MR) is 146 cm³/mol. The molecule has 0 radical (unpaired) electrons. The third-order valence-electron chi connectivity index (χ3n) is 6.21. The molecule has 1 unspecified atom stereocenters. The predicted octanol–water partition coefficient (Wildman–Crippen LogP) is 7.47. The molecule has 0 fully saturated rings. The first kappa shape index (κ1) is 28.8. The lowest BCUT2D eigenvalue weighted by Gasteiger charge is -2.22. The molecule has 0 saturated heterocycles. The van der Waals surface area contributed by atoms with Gasteiger partial charge in [0.05, 0.1) is 30.4 Å². The summed E-state index contributed by atoms with van der Waals surface area (Å²) in [6, 6.07) is 9.47. The van der Waals surface area contributed by atoms with Crippen LogP contribution in [0.2, 0.25) is 0 Å². The van der Waals surface area contributed by atoms with Gasteiger partial charge < -0.3 is 9.30 Å². The fourth-order valence-electron chi connectivity index (χ4n) is 4.27. The average Bonchev–Trinajstić information content (AvgIpc) is 3.34. The standard InChI is InChI=1S/C29H34F3N5O/c1-6-7-8-11-23(24-12-9-10-13-25(24)29(30,31)32)21(3)35-27(33-4)17-15-22-14-16-26(28(36-22)38-5)37-18-20(2)34-19-37/h9-10,12-19,23H,6-8,11H2,1-5H3/b17-15+,33-27?,35-21?. The first-order chi connectivity index (χ1) is 18.2. The average molecular weight is 526 g/mol. The molecule has 1 atom stereocenters. The largest absolute Gasteiger partial charge is 0.479 e. The van der Waals surface area contributed by atoms with Crippen LogP contribution in [0.5, 0.6) is 5.88 Å². The van der Waals surface area contributed by atoms with Gasteiger partial charge in [0, 0.05) is 24.9 Å². The van der Waals surface area contributed by atoms with E-state index >= 15 is 0 Å². The molecular weight excluding hydrogens is 491 g/mol. The normalized spacial score (nSPS) is 13.8. The summed E-state index contributed by atoms with van der Waals surface area (Å²) >= 11 is 0.